The number of anilines is 1. The van der Waals surface area contributed by atoms with Crippen LogP contribution in [-0.2, 0) is 18.0 Å². The summed E-state index contributed by atoms with van der Waals surface area (Å²) in [5, 5.41) is 2.48. The first kappa shape index (κ1) is 13.5. The van der Waals surface area contributed by atoms with Crippen LogP contribution in [0.2, 0.25) is 0 Å². The van der Waals surface area contributed by atoms with Gasteiger partial charge in [0.05, 0.1) is 11.1 Å². The lowest BCUT2D eigenvalue weighted by molar-refractivity contribution is -0.137. The molecule has 1 N–H and O–H groups in total. The summed E-state index contributed by atoms with van der Waals surface area (Å²) in [5.41, 5.74) is 1.06. The van der Waals surface area contributed by atoms with E-state index in [1.165, 1.54) is 6.07 Å². The lowest BCUT2D eigenvalue weighted by Gasteiger charge is -2.08. The van der Waals surface area contributed by atoms with E-state index in [0.717, 1.165) is 17.8 Å². The van der Waals surface area contributed by atoms with E-state index < -0.39 is 17.6 Å². The normalized spacial score (nSPS) is 16.2. The number of nitrogens with one attached hydrogen (secondary N) is 1. The summed E-state index contributed by atoms with van der Waals surface area (Å²) in [7, 11) is 1.83. The lowest BCUT2D eigenvalue weighted by atomic mass is 10.0. The van der Waals surface area contributed by atoms with Crippen LogP contribution in [0.5, 0.6) is 0 Å². The lowest BCUT2D eigenvalue weighted by Crippen LogP contribution is -2.06. The second-order valence-electron chi connectivity index (χ2n) is 4.81. The summed E-state index contributed by atoms with van der Waals surface area (Å²) in [6.07, 6.45) is -0.939. The third kappa shape index (κ3) is 2.33. The molecule has 0 unspecified atom stereocenters. The van der Waals surface area contributed by atoms with Gasteiger partial charge in [-0.3, -0.25) is 4.79 Å². The Labute approximate surface area is 118 Å². The Bertz CT molecular complexity index is 757. The van der Waals surface area contributed by atoms with Crippen LogP contribution >= 0.6 is 0 Å². The topological polar surface area (TPSA) is 34.0 Å². The van der Waals surface area contributed by atoms with Crippen molar-refractivity contribution in [3.05, 3.63) is 53.3 Å². The first-order chi connectivity index (χ1) is 9.86. The summed E-state index contributed by atoms with van der Waals surface area (Å²) < 4.78 is 39.9. The fourth-order valence-corrected chi connectivity index (χ4v) is 2.29. The molecule has 1 aromatic carbocycles. The molecule has 0 spiro atoms. The van der Waals surface area contributed by atoms with Crippen molar-refractivity contribution < 1.29 is 18.0 Å². The molecule has 1 amide bonds. The average Bonchev–Trinajstić information content (AvgIpc) is 2.93. The minimum absolute atomic E-state index is 0.190. The third-order valence-electron chi connectivity index (χ3n) is 3.41. The van der Waals surface area contributed by atoms with E-state index in [1.54, 1.807) is 6.08 Å². The highest BCUT2D eigenvalue weighted by atomic mass is 19.4. The molecule has 0 saturated carbocycles. The zero-order valence-corrected chi connectivity index (χ0v) is 11.0. The highest BCUT2D eigenvalue weighted by Crippen LogP contribution is 2.38. The van der Waals surface area contributed by atoms with Crippen molar-refractivity contribution in [1.29, 1.82) is 0 Å². The first-order valence-electron chi connectivity index (χ1n) is 6.22. The van der Waals surface area contributed by atoms with E-state index in [1.807, 2.05) is 29.9 Å². The maximum atomic E-state index is 12.7. The molecule has 0 radical (unpaired) electrons. The molecule has 0 saturated heterocycles. The standard InChI is InChI=1S/C15H11F3N2O/c1-20-6-2-3-10(20)8-12-11-5-4-9(15(16,17)18)7-13(11)19-14(12)21/h2-8H,1H3,(H,19,21)/b12-8+. The Balaban J connectivity index is 2.07. The number of carbonyl (C=O) groups excluding carboxylic acids is 1. The number of nitrogens with zero attached hydrogens (tertiary/aromatic N) is 1. The SMILES string of the molecule is Cn1cccc1/C=C1/C(=O)Nc2cc(C(F)(F)F)ccc21. The van der Waals surface area contributed by atoms with Crippen molar-refractivity contribution in [3.63, 3.8) is 0 Å². The summed E-state index contributed by atoms with van der Waals surface area (Å²) >= 11 is 0. The smallest absolute Gasteiger partial charge is 0.351 e. The molecular formula is C15H11F3N2O. The molecule has 2 heterocycles. The van der Waals surface area contributed by atoms with Crippen molar-refractivity contribution in [2.45, 2.75) is 6.18 Å². The van der Waals surface area contributed by atoms with Crippen LogP contribution in [0.1, 0.15) is 16.8 Å². The second-order valence-corrected chi connectivity index (χ2v) is 4.81. The third-order valence-corrected chi connectivity index (χ3v) is 3.41. The number of alkyl halides is 3. The number of fused-ring (bicyclic) bond motifs is 1. The van der Waals surface area contributed by atoms with Crippen LogP contribution < -0.4 is 5.32 Å². The maximum Gasteiger partial charge on any atom is 0.416 e. The molecule has 1 aromatic heterocycles. The molecule has 1 aliphatic rings. The Kier molecular flexibility index (Phi) is 2.90. The Hall–Kier alpha value is -2.50. The van der Waals surface area contributed by atoms with E-state index in [-0.39, 0.29) is 5.69 Å². The van der Waals surface area contributed by atoms with Gasteiger partial charge in [-0.1, -0.05) is 6.07 Å². The van der Waals surface area contributed by atoms with Gasteiger partial charge >= 0.3 is 6.18 Å². The number of aryl methyl sites for hydroxylation is 1. The molecule has 21 heavy (non-hydrogen) atoms. The second kappa shape index (κ2) is 4.51. The van der Waals surface area contributed by atoms with E-state index >= 15 is 0 Å². The van der Waals surface area contributed by atoms with E-state index in [0.29, 0.717) is 11.1 Å². The molecule has 3 rings (SSSR count). The van der Waals surface area contributed by atoms with E-state index in [2.05, 4.69) is 5.32 Å². The van der Waals surface area contributed by atoms with Gasteiger partial charge in [0, 0.05) is 30.2 Å². The number of aromatic nitrogens is 1. The van der Waals surface area contributed by atoms with Gasteiger partial charge in [0.25, 0.3) is 5.91 Å². The zero-order valence-electron chi connectivity index (χ0n) is 11.0. The molecule has 1 aliphatic heterocycles. The highest BCUT2D eigenvalue weighted by molar-refractivity contribution is 6.34. The molecule has 0 atom stereocenters. The number of benzene rings is 1. The number of carbonyl (C=O) groups is 1. The maximum absolute atomic E-state index is 12.7. The van der Waals surface area contributed by atoms with Crippen molar-refractivity contribution in [2.24, 2.45) is 7.05 Å². The van der Waals surface area contributed by atoms with Crippen LogP contribution in [-0.4, -0.2) is 10.5 Å². The average molecular weight is 292 g/mol. The van der Waals surface area contributed by atoms with Gasteiger partial charge in [0.1, 0.15) is 0 Å². The molecule has 2 aromatic rings. The van der Waals surface area contributed by atoms with Gasteiger partial charge in [-0.05, 0) is 30.3 Å². The van der Waals surface area contributed by atoms with Crippen molar-refractivity contribution in [2.75, 3.05) is 5.32 Å². The summed E-state index contributed by atoms with van der Waals surface area (Å²) in [4.78, 5) is 12.0. The zero-order chi connectivity index (χ0) is 15.2. The minimum Gasteiger partial charge on any atom is -0.351 e. The predicted octanol–water partition coefficient (Wildman–Crippen LogP) is 3.54. The van der Waals surface area contributed by atoms with Crippen molar-refractivity contribution >= 4 is 23.2 Å². The number of hydrogen-bond donors (Lipinski definition) is 1. The number of rotatable bonds is 1. The molecule has 6 heteroatoms. The van der Waals surface area contributed by atoms with Crippen LogP contribution in [0.3, 0.4) is 0 Å². The molecule has 0 fully saturated rings. The number of halogens is 3. The van der Waals surface area contributed by atoms with Crippen LogP contribution in [0.4, 0.5) is 18.9 Å². The minimum atomic E-state index is -4.43. The van der Waals surface area contributed by atoms with Gasteiger partial charge in [0.2, 0.25) is 0 Å². The quantitative estimate of drug-likeness (QED) is 0.801. The van der Waals surface area contributed by atoms with Gasteiger partial charge in [0.15, 0.2) is 0 Å². The molecular weight excluding hydrogens is 281 g/mol. The van der Waals surface area contributed by atoms with Crippen LogP contribution in [0.15, 0.2) is 36.5 Å². The summed E-state index contributed by atoms with van der Waals surface area (Å²) in [6.45, 7) is 0. The first-order valence-corrected chi connectivity index (χ1v) is 6.22. The predicted molar refractivity (Wildman–Crippen MR) is 73.4 cm³/mol. The largest absolute Gasteiger partial charge is 0.416 e. The Morgan fingerprint density at radius 2 is 2.00 bits per heavy atom. The fourth-order valence-electron chi connectivity index (χ4n) is 2.29. The van der Waals surface area contributed by atoms with E-state index in [4.69, 9.17) is 0 Å². The molecule has 108 valence electrons. The van der Waals surface area contributed by atoms with Gasteiger partial charge in [-0.15, -0.1) is 0 Å². The molecule has 0 aliphatic carbocycles. The van der Waals surface area contributed by atoms with Gasteiger partial charge < -0.3 is 9.88 Å². The monoisotopic (exact) mass is 292 g/mol. The Morgan fingerprint density at radius 3 is 2.62 bits per heavy atom. The fraction of sp³-hybridized carbons (Fsp3) is 0.133. The Morgan fingerprint density at radius 1 is 1.24 bits per heavy atom. The van der Waals surface area contributed by atoms with Gasteiger partial charge in [-0.25, -0.2) is 0 Å². The van der Waals surface area contributed by atoms with Gasteiger partial charge in [-0.2, -0.15) is 13.2 Å². The molecule has 0 bridgehead atoms. The number of amides is 1. The van der Waals surface area contributed by atoms with E-state index in [9.17, 15) is 18.0 Å². The highest BCUT2D eigenvalue weighted by Gasteiger charge is 2.33. The van der Waals surface area contributed by atoms with Crippen molar-refractivity contribution in [1.82, 2.24) is 4.57 Å². The molecule has 3 nitrogen and oxygen atoms in total. The van der Waals surface area contributed by atoms with Crippen LogP contribution in [0, 0.1) is 0 Å². The number of hydrogen-bond acceptors (Lipinski definition) is 1. The van der Waals surface area contributed by atoms with Crippen molar-refractivity contribution in [3.8, 4) is 0 Å². The summed E-state index contributed by atoms with van der Waals surface area (Å²) in [6, 6.07) is 6.91. The summed E-state index contributed by atoms with van der Waals surface area (Å²) in [5.74, 6) is -0.398. The van der Waals surface area contributed by atoms with Crippen LogP contribution in [0.25, 0.3) is 11.6 Å².